The fourth-order valence-electron chi connectivity index (χ4n) is 5.66. The van der Waals surface area contributed by atoms with E-state index in [9.17, 15) is 29.1 Å². The van der Waals surface area contributed by atoms with Crippen molar-refractivity contribution in [2.24, 2.45) is 11.7 Å². The van der Waals surface area contributed by atoms with Gasteiger partial charge < -0.3 is 37.0 Å². The van der Waals surface area contributed by atoms with E-state index < -0.39 is 29.9 Å². The number of rotatable bonds is 16. The summed E-state index contributed by atoms with van der Waals surface area (Å²) < 4.78 is 0. The molecule has 51 heavy (non-hydrogen) atoms. The second-order valence-electron chi connectivity index (χ2n) is 12.7. The number of para-hydroxylation sites is 1. The van der Waals surface area contributed by atoms with E-state index in [0.29, 0.717) is 37.1 Å². The highest BCUT2D eigenvalue weighted by Crippen LogP contribution is 2.26. The van der Waals surface area contributed by atoms with Crippen LogP contribution < -0.4 is 31.9 Å². The van der Waals surface area contributed by atoms with Crippen molar-refractivity contribution in [3.8, 4) is 11.8 Å². The molecule has 3 aromatic rings. The number of aliphatic hydroxyl groups is 1. The van der Waals surface area contributed by atoms with Crippen molar-refractivity contribution in [1.29, 1.82) is 0 Å². The fraction of sp³-hybridized carbons (Fsp3) is 0.359. The Morgan fingerprint density at radius 2 is 1.49 bits per heavy atom. The zero-order valence-electron chi connectivity index (χ0n) is 29.0. The van der Waals surface area contributed by atoms with Crippen LogP contribution in [0.4, 0.5) is 16.2 Å². The van der Waals surface area contributed by atoms with Gasteiger partial charge in [-0.1, -0.05) is 68.2 Å². The number of carbonyl (C=O) groups is 5. The van der Waals surface area contributed by atoms with Gasteiger partial charge in [-0.2, -0.15) is 0 Å². The summed E-state index contributed by atoms with van der Waals surface area (Å²) >= 11 is 0. The number of nitrogens with two attached hydrogens (primary N) is 1. The molecule has 1 heterocycles. The Kier molecular flexibility index (Phi) is 14.1. The largest absolute Gasteiger partial charge is 0.392 e. The standard InChI is InChI=1S/C39H46N6O6/c1-26(2)36(38(50)43-32(13-9-23-41-39(40)51)37(49)42-31-21-17-27(25-46)18-22-31)44-34(47)15-7-8-16-35(48)45-24-30-12-4-3-10-28(30)19-20-29-11-5-6-14-33(29)45/h3-6,10-12,14,17-18,21-22,26,32,36,46H,7-9,13,15-16,23-25H2,1-2H3,(H,42,49)(H,43,50)(H,44,47)(H3,40,41,51)/t32-,36-/m0/s1. The second kappa shape index (κ2) is 18.9. The van der Waals surface area contributed by atoms with Gasteiger partial charge in [-0.05, 0) is 73.1 Å². The number of hydrogen-bond acceptors (Lipinski definition) is 6. The zero-order chi connectivity index (χ0) is 36.8. The number of benzene rings is 3. The van der Waals surface area contributed by atoms with Gasteiger partial charge in [0.05, 0.1) is 18.8 Å². The molecule has 12 heteroatoms. The van der Waals surface area contributed by atoms with E-state index in [1.807, 2.05) is 48.5 Å². The summed E-state index contributed by atoms with van der Waals surface area (Å²) in [7, 11) is 0. The smallest absolute Gasteiger partial charge is 0.312 e. The third-order valence-electron chi connectivity index (χ3n) is 8.49. The molecule has 7 N–H and O–H groups in total. The Morgan fingerprint density at radius 3 is 2.20 bits per heavy atom. The number of primary amides is 1. The monoisotopic (exact) mass is 694 g/mol. The molecule has 0 spiro atoms. The number of hydrogen-bond donors (Lipinski definition) is 6. The van der Waals surface area contributed by atoms with Gasteiger partial charge in [-0.25, -0.2) is 4.79 Å². The van der Waals surface area contributed by atoms with E-state index in [0.717, 1.165) is 22.4 Å². The molecular weight excluding hydrogens is 648 g/mol. The molecule has 1 aliphatic rings. The summed E-state index contributed by atoms with van der Waals surface area (Å²) in [5.41, 5.74) is 9.68. The Labute approximate surface area is 298 Å². The van der Waals surface area contributed by atoms with Crippen LogP contribution in [0.2, 0.25) is 0 Å². The molecule has 0 fully saturated rings. The van der Waals surface area contributed by atoms with Crippen molar-refractivity contribution >= 4 is 41.0 Å². The average Bonchev–Trinajstić information content (AvgIpc) is 3.11. The van der Waals surface area contributed by atoms with Crippen LogP contribution in [-0.4, -0.2) is 53.4 Å². The van der Waals surface area contributed by atoms with E-state index in [1.165, 1.54) is 0 Å². The van der Waals surface area contributed by atoms with Crippen molar-refractivity contribution in [3.05, 3.63) is 95.1 Å². The minimum Gasteiger partial charge on any atom is -0.392 e. The molecule has 2 atom stereocenters. The lowest BCUT2D eigenvalue weighted by Crippen LogP contribution is -2.54. The number of fused-ring (bicyclic) bond motifs is 2. The number of anilines is 2. The van der Waals surface area contributed by atoms with Gasteiger partial charge in [0.2, 0.25) is 23.6 Å². The Balaban J connectivity index is 1.32. The topological polar surface area (TPSA) is 183 Å². The van der Waals surface area contributed by atoms with E-state index in [-0.39, 0.29) is 50.1 Å². The second-order valence-corrected chi connectivity index (χ2v) is 12.7. The number of nitrogens with zero attached hydrogens (tertiary/aromatic N) is 1. The lowest BCUT2D eigenvalue weighted by atomic mass is 10.0. The van der Waals surface area contributed by atoms with E-state index in [1.54, 1.807) is 43.0 Å². The number of carbonyl (C=O) groups excluding carboxylic acids is 5. The van der Waals surface area contributed by atoms with Gasteiger partial charge in [0.15, 0.2) is 0 Å². The molecule has 12 nitrogen and oxygen atoms in total. The predicted octanol–water partition coefficient (Wildman–Crippen LogP) is 3.70. The fourth-order valence-corrected chi connectivity index (χ4v) is 5.66. The first kappa shape index (κ1) is 38.1. The molecule has 0 aromatic heterocycles. The molecule has 0 saturated carbocycles. The lowest BCUT2D eigenvalue weighted by Gasteiger charge is -2.26. The first-order chi connectivity index (χ1) is 24.5. The van der Waals surface area contributed by atoms with Crippen LogP contribution in [0.5, 0.6) is 0 Å². The van der Waals surface area contributed by atoms with Gasteiger partial charge in [0.1, 0.15) is 12.1 Å². The molecule has 0 unspecified atom stereocenters. The first-order valence-corrected chi connectivity index (χ1v) is 17.2. The molecule has 0 bridgehead atoms. The highest BCUT2D eigenvalue weighted by atomic mass is 16.3. The zero-order valence-corrected chi connectivity index (χ0v) is 29.0. The van der Waals surface area contributed by atoms with Gasteiger partial charge in [0, 0.05) is 36.2 Å². The lowest BCUT2D eigenvalue weighted by molar-refractivity contribution is -0.132. The van der Waals surface area contributed by atoms with Gasteiger partial charge in [-0.15, -0.1) is 0 Å². The molecule has 0 radical (unpaired) electrons. The maximum absolute atomic E-state index is 13.5. The summed E-state index contributed by atoms with van der Waals surface area (Å²) in [6, 6.07) is 19.4. The van der Waals surface area contributed by atoms with Crippen LogP contribution in [0.1, 0.15) is 74.6 Å². The van der Waals surface area contributed by atoms with Crippen molar-refractivity contribution in [2.45, 2.75) is 77.6 Å². The number of amides is 6. The molecule has 0 saturated heterocycles. The third-order valence-corrected chi connectivity index (χ3v) is 8.49. The Hall–Kier alpha value is -5.67. The van der Waals surface area contributed by atoms with E-state index in [2.05, 4.69) is 33.1 Å². The van der Waals surface area contributed by atoms with Crippen LogP contribution in [0.15, 0.2) is 72.8 Å². The van der Waals surface area contributed by atoms with Crippen molar-refractivity contribution in [3.63, 3.8) is 0 Å². The number of nitrogens with one attached hydrogen (secondary N) is 4. The summed E-state index contributed by atoms with van der Waals surface area (Å²) in [6.45, 7) is 4.05. The Morgan fingerprint density at radius 1 is 0.824 bits per heavy atom. The highest BCUT2D eigenvalue weighted by molar-refractivity contribution is 5.98. The number of urea groups is 1. The summed E-state index contributed by atoms with van der Waals surface area (Å²) in [6.07, 6.45) is 1.79. The molecular formula is C39H46N6O6. The summed E-state index contributed by atoms with van der Waals surface area (Å²) in [5.74, 6) is 4.71. The van der Waals surface area contributed by atoms with E-state index >= 15 is 0 Å². The van der Waals surface area contributed by atoms with Crippen molar-refractivity contribution in [2.75, 3.05) is 16.8 Å². The van der Waals surface area contributed by atoms with Crippen LogP contribution in [-0.2, 0) is 32.3 Å². The molecule has 268 valence electrons. The van der Waals surface area contributed by atoms with Gasteiger partial charge >= 0.3 is 6.03 Å². The predicted molar refractivity (Wildman–Crippen MR) is 195 cm³/mol. The normalized spacial score (nSPS) is 12.8. The highest BCUT2D eigenvalue weighted by Gasteiger charge is 2.29. The summed E-state index contributed by atoms with van der Waals surface area (Å²) in [5, 5.41) is 20.1. The maximum atomic E-state index is 13.5. The third kappa shape index (κ3) is 11.4. The average molecular weight is 695 g/mol. The van der Waals surface area contributed by atoms with Gasteiger partial charge in [-0.3, -0.25) is 19.2 Å². The van der Waals surface area contributed by atoms with Crippen molar-refractivity contribution < 1.29 is 29.1 Å². The minimum atomic E-state index is -0.972. The molecule has 4 rings (SSSR count). The molecule has 6 amide bonds. The van der Waals surface area contributed by atoms with Crippen molar-refractivity contribution in [1.82, 2.24) is 16.0 Å². The number of unbranched alkanes of at least 4 members (excludes halogenated alkanes) is 1. The molecule has 0 aliphatic carbocycles. The summed E-state index contributed by atoms with van der Waals surface area (Å²) in [4.78, 5) is 66.1. The molecule has 1 aliphatic heterocycles. The van der Waals surface area contributed by atoms with Crippen LogP contribution in [0.25, 0.3) is 0 Å². The minimum absolute atomic E-state index is 0.0690. The van der Waals surface area contributed by atoms with Crippen LogP contribution in [0.3, 0.4) is 0 Å². The SMILES string of the molecule is CC(C)[C@H](NC(=O)CCCCC(=O)N1Cc2ccccc2C#Cc2ccccc21)C(=O)N[C@@H](CCCNC(N)=O)C(=O)Nc1ccc(CO)cc1. The van der Waals surface area contributed by atoms with Crippen LogP contribution >= 0.6 is 0 Å². The first-order valence-electron chi connectivity index (χ1n) is 17.2. The maximum Gasteiger partial charge on any atom is 0.312 e. The Bertz CT molecular complexity index is 1760. The molecule has 3 aromatic carbocycles. The quantitative estimate of drug-likeness (QED) is 0.0982. The number of aliphatic hydroxyl groups excluding tert-OH is 1. The van der Waals surface area contributed by atoms with E-state index in [4.69, 9.17) is 5.73 Å². The van der Waals surface area contributed by atoms with Gasteiger partial charge in [0.25, 0.3) is 0 Å². The van der Waals surface area contributed by atoms with Crippen LogP contribution in [0, 0.1) is 17.8 Å².